The third kappa shape index (κ3) is 4.71. The lowest BCUT2D eigenvalue weighted by Gasteiger charge is -2.22. The molecule has 0 spiro atoms. The maximum atomic E-state index is 11.9. The average Bonchev–Trinajstić information content (AvgIpc) is 2.77. The number of carbonyl (C=O) groups excluding carboxylic acids is 1. The zero-order valence-electron chi connectivity index (χ0n) is 13.3. The van der Waals surface area contributed by atoms with Crippen LogP contribution in [0.1, 0.15) is 45.4 Å². The van der Waals surface area contributed by atoms with Crippen LogP contribution in [-0.4, -0.2) is 45.1 Å². The second kappa shape index (κ2) is 6.79. The third-order valence-corrected chi connectivity index (χ3v) is 4.40. The van der Waals surface area contributed by atoms with Gasteiger partial charge >= 0.3 is 0 Å². The van der Waals surface area contributed by atoms with Crippen LogP contribution in [0.15, 0.2) is 5.16 Å². The van der Waals surface area contributed by atoms with Crippen molar-refractivity contribution in [1.29, 1.82) is 0 Å². The van der Waals surface area contributed by atoms with Gasteiger partial charge in [-0.05, 0) is 40.2 Å². The highest BCUT2D eigenvalue weighted by Crippen LogP contribution is 2.24. The van der Waals surface area contributed by atoms with Gasteiger partial charge in [0, 0.05) is 25.0 Å². The highest BCUT2D eigenvalue weighted by Gasteiger charge is 2.22. The number of hydrogen-bond acceptors (Lipinski definition) is 5. The minimum Gasteiger partial charge on any atom is -0.351 e. The molecule has 21 heavy (non-hydrogen) atoms. The van der Waals surface area contributed by atoms with E-state index in [1.807, 2.05) is 32.4 Å². The summed E-state index contributed by atoms with van der Waals surface area (Å²) in [5.41, 5.74) is -0.198. The molecule has 0 radical (unpaired) electrons. The van der Waals surface area contributed by atoms with E-state index in [2.05, 4.69) is 20.8 Å². The molecule has 1 aliphatic heterocycles. The van der Waals surface area contributed by atoms with Gasteiger partial charge in [-0.15, -0.1) is 10.2 Å². The normalized spacial score (nSPS) is 19.5. The van der Waals surface area contributed by atoms with E-state index < -0.39 is 0 Å². The van der Waals surface area contributed by atoms with Crippen molar-refractivity contribution in [2.75, 3.05) is 18.8 Å². The van der Waals surface area contributed by atoms with Crippen molar-refractivity contribution in [3.05, 3.63) is 5.82 Å². The highest BCUT2D eigenvalue weighted by atomic mass is 32.2. The molecule has 0 aliphatic carbocycles. The summed E-state index contributed by atoms with van der Waals surface area (Å²) in [5, 5.41) is 15.7. The Hall–Kier alpha value is -1.08. The molecule has 1 fully saturated rings. The van der Waals surface area contributed by atoms with Crippen molar-refractivity contribution in [3.63, 3.8) is 0 Å². The fourth-order valence-electron chi connectivity index (χ4n) is 2.46. The van der Waals surface area contributed by atoms with Gasteiger partial charge in [0.25, 0.3) is 0 Å². The van der Waals surface area contributed by atoms with Gasteiger partial charge in [0.15, 0.2) is 5.16 Å². The number of piperidine rings is 1. The molecule has 1 aromatic heterocycles. The predicted octanol–water partition coefficient (Wildman–Crippen LogP) is 1.29. The van der Waals surface area contributed by atoms with Crippen molar-refractivity contribution in [1.82, 2.24) is 25.4 Å². The summed E-state index contributed by atoms with van der Waals surface area (Å²) in [7, 11) is 1.98. The zero-order valence-corrected chi connectivity index (χ0v) is 14.1. The Morgan fingerprint density at radius 2 is 2.24 bits per heavy atom. The molecule has 1 saturated heterocycles. The van der Waals surface area contributed by atoms with Crippen LogP contribution in [-0.2, 0) is 11.8 Å². The first-order valence-corrected chi connectivity index (χ1v) is 8.39. The molecule has 118 valence electrons. The van der Waals surface area contributed by atoms with Crippen LogP contribution < -0.4 is 10.6 Å². The molecule has 6 nitrogen and oxygen atoms in total. The number of nitrogens with zero attached hydrogens (tertiary/aromatic N) is 3. The second-order valence-electron chi connectivity index (χ2n) is 6.53. The Kier molecular flexibility index (Phi) is 5.27. The Morgan fingerprint density at radius 3 is 2.86 bits per heavy atom. The maximum Gasteiger partial charge on any atom is 0.230 e. The van der Waals surface area contributed by atoms with Gasteiger partial charge in [-0.2, -0.15) is 0 Å². The monoisotopic (exact) mass is 311 g/mol. The fraction of sp³-hybridized carbons (Fsp3) is 0.786. The van der Waals surface area contributed by atoms with Crippen LogP contribution >= 0.6 is 11.8 Å². The summed E-state index contributed by atoms with van der Waals surface area (Å²) in [6.45, 7) is 7.98. The van der Waals surface area contributed by atoms with E-state index in [1.165, 1.54) is 18.2 Å². The van der Waals surface area contributed by atoms with E-state index in [0.717, 1.165) is 30.5 Å². The van der Waals surface area contributed by atoms with Crippen LogP contribution in [0.25, 0.3) is 0 Å². The minimum atomic E-state index is -0.198. The number of nitrogens with one attached hydrogen (secondary N) is 2. The van der Waals surface area contributed by atoms with Crippen molar-refractivity contribution >= 4 is 17.7 Å². The Balaban J connectivity index is 1.92. The third-order valence-electron chi connectivity index (χ3n) is 3.38. The molecule has 1 atom stereocenters. The van der Waals surface area contributed by atoms with E-state index >= 15 is 0 Å². The molecular formula is C14H25N5OS. The maximum absolute atomic E-state index is 11.9. The predicted molar refractivity (Wildman–Crippen MR) is 84.5 cm³/mol. The van der Waals surface area contributed by atoms with Crippen molar-refractivity contribution in [2.24, 2.45) is 7.05 Å². The molecule has 2 rings (SSSR count). The number of amides is 1. The van der Waals surface area contributed by atoms with Gasteiger partial charge in [0.05, 0.1) is 5.75 Å². The van der Waals surface area contributed by atoms with Gasteiger partial charge < -0.3 is 15.2 Å². The lowest BCUT2D eigenvalue weighted by molar-refractivity contribution is -0.119. The van der Waals surface area contributed by atoms with Crippen molar-refractivity contribution < 1.29 is 4.79 Å². The van der Waals surface area contributed by atoms with Crippen LogP contribution in [0, 0.1) is 0 Å². The van der Waals surface area contributed by atoms with Crippen LogP contribution in [0.2, 0.25) is 0 Å². The number of hydrogen-bond donors (Lipinski definition) is 2. The summed E-state index contributed by atoms with van der Waals surface area (Å²) in [6, 6.07) is 0. The molecule has 1 aromatic rings. The first-order chi connectivity index (χ1) is 9.87. The molecule has 0 aromatic carbocycles. The van der Waals surface area contributed by atoms with E-state index in [0.29, 0.717) is 11.7 Å². The van der Waals surface area contributed by atoms with Gasteiger partial charge in [-0.3, -0.25) is 4.79 Å². The number of carbonyl (C=O) groups is 1. The largest absolute Gasteiger partial charge is 0.351 e. The van der Waals surface area contributed by atoms with E-state index in [-0.39, 0.29) is 11.4 Å². The SMILES string of the molecule is Cn1c(SCC(=O)NC(C)(C)C)nnc1[C@@H]1CCCNC1. The summed E-state index contributed by atoms with van der Waals surface area (Å²) in [6.07, 6.45) is 2.32. The van der Waals surface area contributed by atoms with Crippen LogP contribution in [0.5, 0.6) is 0 Å². The molecule has 0 bridgehead atoms. The van der Waals surface area contributed by atoms with Crippen molar-refractivity contribution in [3.8, 4) is 0 Å². The Labute approximate surface area is 130 Å². The summed E-state index contributed by atoms with van der Waals surface area (Å²) in [4.78, 5) is 11.9. The van der Waals surface area contributed by atoms with E-state index in [1.54, 1.807) is 0 Å². The molecule has 1 aliphatic rings. The molecule has 0 saturated carbocycles. The quantitative estimate of drug-likeness (QED) is 0.820. The molecule has 0 unspecified atom stereocenters. The standard InChI is InChI=1S/C14H25N5OS/c1-14(2,3)16-11(20)9-21-13-18-17-12(19(13)4)10-6-5-7-15-8-10/h10,15H,5-9H2,1-4H3,(H,16,20)/t10-/m1/s1. The number of aromatic nitrogens is 3. The summed E-state index contributed by atoms with van der Waals surface area (Å²) < 4.78 is 2.02. The average molecular weight is 311 g/mol. The molecule has 2 N–H and O–H groups in total. The second-order valence-corrected chi connectivity index (χ2v) is 7.47. The van der Waals surface area contributed by atoms with E-state index in [9.17, 15) is 4.79 Å². The van der Waals surface area contributed by atoms with Crippen molar-refractivity contribution in [2.45, 2.75) is 50.2 Å². The molecule has 7 heteroatoms. The summed E-state index contributed by atoms with van der Waals surface area (Å²) >= 11 is 1.44. The van der Waals surface area contributed by atoms with E-state index in [4.69, 9.17) is 0 Å². The molecule has 2 heterocycles. The number of rotatable bonds is 4. The zero-order chi connectivity index (χ0) is 15.5. The minimum absolute atomic E-state index is 0.0244. The van der Waals surface area contributed by atoms with Gasteiger partial charge in [-0.25, -0.2) is 0 Å². The molecule has 1 amide bonds. The summed E-state index contributed by atoms with van der Waals surface area (Å²) in [5.74, 6) is 1.83. The van der Waals surface area contributed by atoms with Crippen LogP contribution in [0.3, 0.4) is 0 Å². The van der Waals surface area contributed by atoms with Gasteiger partial charge in [0.2, 0.25) is 5.91 Å². The Bertz CT molecular complexity index is 488. The van der Waals surface area contributed by atoms with Gasteiger partial charge in [0.1, 0.15) is 5.82 Å². The lowest BCUT2D eigenvalue weighted by atomic mass is 9.99. The number of thioether (sulfide) groups is 1. The Morgan fingerprint density at radius 1 is 1.48 bits per heavy atom. The lowest BCUT2D eigenvalue weighted by Crippen LogP contribution is -2.41. The van der Waals surface area contributed by atoms with Gasteiger partial charge in [-0.1, -0.05) is 11.8 Å². The molecular weight excluding hydrogens is 286 g/mol. The van der Waals surface area contributed by atoms with Crippen LogP contribution in [0.4, 0.5) is 0 Å². The topological polar surface area (TPSA) is 71.8 Å². The highest BCUT2D eigenvalue weighted by molar-refractivity contribution is 7.99. The fourth-order valence-corrected chi connectivity index (χ4v) is 3.18. The smallest absolute Gasteiger partial charge is 0.230 e. The first kappa shape index (κ1) is 16.3. The first-order valence-electron chi connectivity index (χ1n) is 7.40.